The SMILES string of the molecule is CCCC(OC)C(O)Cc1ccc(F)c(Br)c1. The van der Waals surface area contributed by atoms with Crippen LogP contribution in [0.2, 0.25) is 0 Å². The molecule has 1 rings (SSSR count). The van der Waals surface area contributed by atoms with E-state index in [0.29, 0.717) is 10.9 Å². The first-order chi connectivity index (χ1) is 8.08. The first-order valence-electron chi connectivity index (χ1n) is 5.73. The van der Waals surface area contributed by atoms with E-state index in [1.807, 2.05) is 6.92 Å². The van der Waals surface area contributed by atoms with E-state index in [4.69, 9.17) is 4.74 Å². The van der Waals surface area contributed by atoms with E-state index in [1.54, 1.807) is 19.2 Å². The van der Waals surface area contributed by atoms with Gasteiger partial charge in [0.1, 0.15) is 5.82 Å². The van der Waals surface area contributed by atoms with Crippen molar-refractivity contribution in [2.24, 2.45) is 0 Å². The predicted octanol–water partition coefficient (Wildman–Crippen LogP) is 3.31. The Hall–Kier alpha value is -0.450. The van der Waals surface area contributed by atoms with Gasteiger partial charge < -0.3 is 9.84 Å². The highest BCUT2D eigenvalue weighted by atomic mass is 79.9. The Balaban J connectivity index is 2.66. The second-order valence-corrected chi connectivity index (χ2v) is 4.94. The molecule has 0 aliphatic carbocycles. The molecule has 0 aliphatic rings. The molecule has 0 aromatic heterocycles. The molecule has 2 nitrogen and oxygen atoms in total. The van der Waals surface area contributed by atoms with Crippen molar-refractivity contribution in [1.82, 2.24) is 0 Å². The van der Waals surface area contributed by atoms with Gasteiger partial charge in [-0.3, -0.25) is 0 Å². The molecule has 0 saturated carbocycles. The van der Waals surface area contributed by atoms with Crippen LogP contribution < -0.4 is 0 Å². The molecule has 0 radical (unpaired) electrons. The van der Waals surface area contributed by atoms with Crippen LogP contribution in [0.4, 0.5) is 4.39 Å². The molecule has 2 unspecified atom stereocenters. The van der Waals surface area contributed by atoms with Crippen molar-refractivity contribution >= 4 is 15.9 Å². The highest BCUT2D eigenvalue weighted by Gasteiger charge is 2.18. The van der Waals surface area contributed by atoms with Gasteiger partial charge >= 0.3 is 0 Å². The van der Waals surface area contributed by atoms with E-state index in [2.05, 4.69) is 15.9 Å². The third-order valence-corrected chi connectivity index (χ3v) is 3.34. The predicted molar refractivity (Wildman–Crippen MR) is 69.5 cm³/mol. The summed E-state index contributed by atoms with van der Waals surface area (Å²) in [5.41, 5.74) is 0.893. The Morgan fingerprint density at radius 3 is 2.71 bits per heavy atom. The van der Waals surface area contributed by atoms with Crippen molar-refractivity contribution in [1.29, 1.82) is 0 Å². The number of aliphatic hydroxyl groups excluding tert-OH is 1. The Bertz CT molecular complexity index is 357. The molecule has 0 spiro atoms. The standard InChI is InChI=1S/C13H18BrFO2/c1-3-4-13(17-2)12(16)8-9-5-6-11(15)10(14)7-9/h5-7,12-13,16H,3-4,8H2,1-2H3. The Kier molecular flexibility index (Phi) is 6.09. The summed E-state index contributed by atoms with van der Waals surface area (Å²) in [7, 11) is 1.60. The molecular formula is C13H18BrFO2. The lowest BCUT2D eigenvalue weighted by atomic mass is 10.0. The lowest BCUT2D eigenvalue weighted by Crippen LogP contribution is -2.29. The van der Waals surface area contributed by atoms with E-state index in [9.17, 15) is 9.50 Å². The number of rotatable bonds is 6. The van der Waals surface area contributed by atoms with E-state index < -0.39 is 6.10 Å². The third kappa shape index (κ3) is 4.37. The van der Waals surface area contributed by atoms with Crippen LogP contribution in [0, 0.1) is 5.82 Å². The molecule has 0 saturated heterocycles. The topological polar surface area (TPSA) is 29.5 Å². The normalized spacial score (nSPS) is 14.6. The van der Waals surface area contributed by atoms with Crippen molar-refractivity contribution in [3.8, 4) is 0 Å². The van der Waals surface area contributed by atoms with Crippen molar-refractivity contribution in [2.45, 2.75) is 38.4 Å². The summed E-state index contributed by atoms with van der Waals surface area (Å²) in [5, 5.41) is 10.0. The van der Waals surface area contributed by atoms with Crippen LogP contribution >= 0.6 is 15.9 Å². The fourth-order valence-corrected chi connectivity index (χ4v) is 2.22. The van der Waals surface area contributed by atoms with Gasteiger partial charge in [0.15, 0.2) is 0 Å². The molecule has 1 N–H and O–H groups in total. The maximum atomic E-state index is 13.0. The minimum atomic E-state index is -0.558. The van der Waals surface area contributed by atoms with Gasteiger partial charge in [0.25, 0.3) is 0 Å². The number of hydrogen-bond donors (Lipinski definition) is 1. The maximum Gasteiger partial charge on any atom is 0.137 e. The molecule has 96 valence electrons. The average Bonchev–Trinajstić information content (AvgIpc) is 2.30. The minimum absolute atomic E-state index is 0.163. The molecule has 17 heavy (non-hydrogen) atoms. The Morgan fingerprint density at radius 2 is 2.18 bits per heavy atom. The summed E-state index contributed by atoms with van der Waals surface area (Å²) in [4.78, 5) is 0. The average molecular weight is 305 g/mol. The van der Waals surface area contributed by atoms with Gasteiger partial charge in [-0.25, -0.2) is 4.39 Å². The van der Waals surface area contributed by atoms with Crippen LogP contribution in [0.25, 0.3) is 0 Å². The van der Waals surface area contributed by atoms with E-state index in [1.165, 1.54) is 6.07 Å². The summed E-state index contributed by atoms with van der Waals surface area (Å²) in [6, 6.07) is 4.77. The molecule has 0 aliphatic heterocycles. The van der Waals surface area contributed by atoms with Crippen molar-refractivity contribution in [3.05, 3.63) is 34.1 Å². The maximum absolute atomic E-state index is 13.0. The zero-order chi connectivity index (χ0) is 12.8. The molecule has 0 bridgehead atoms. The first-order valence-corrected chi connectivity index (χ1v) is 6.52. The van der Waals surface area contributed by atoms with Crippen LogP contribution in [0.5, 0.6) is 0 Å². The summed E-state index contributed by atoms with van der Waals surface area (Å²) < 4.78 is 18.7. The van der Waals surface area contributed by atoms with Crippen molar-refractivity contribution in [3.63, 3.8) is 0 Å². The molecule has 0 amide bonds. The summed E-state index contributed by atoms with van der Waals surface area (Å²) >= 11 is 3.13. The third-order valence-electron chi connectivity index (χ3n) is 2.73. The number of benzene rings is 1. The zero-order valence-corrected chi connectivity index (χ0v) is 11.7. The molecular weight excluding hydrogens is 287 g/mol. The van der Waals surface area contributed by atoms with E-state index in [-0.39, 0.29) is 11.9 Å². The van der Waals surface area contributed by atoms with Gasteiger partial charge in [-0.15, -0.1) is 0 Å². The number of ether oxygens (including phenoxy) is 1. The van der Waals surface area contributed by atoms with Crippen LogP contribution in [0.15, 0.2) is 22.7 Å². The highest BCUT2D eigenvalue weighted by molar-refractivity contribution is 9.10. The van der Waals surface area contributed by atoms with Gasteiger partial charge in [0, 0.05) is 13.5 Å². The van der Waals surface area contributed by atoms with Crippen LogP contribution in [0.1, 0.15) is 25.3 Å². The van der Waals surface area contributed by atoms with Crippen LogP contribution in [-0.2, 0) is 11.2 Å². The Morgan fingerprint density at radius 1 is 1.47 bits per heavy atom. The number of methoxy groups -OCH3 is 1. The molecule has 2 atom stereocenters. The number of aliphatic hydroxyl groups is 1. The minimum Gasteiger partial charge on any atom is -0.390 e. The quantitative estimate of drug-likeness (QED) is 0.874. The van der Waals surface area contributed by atoms with Crippen LogP contribution in [0.3, 0.4) is 0 Å². The van der Waals surface area contributed by atoms with Gasteiger partial charge in [-0.05, 0) is 40.0 Å². The highest BCUT2D eigenvalue weighted by Crippen LogP contribution is 2.19. The lowest BCUT2D eigenvalue weighted by molar-refractivity contribution is -0.0159. The van der Waals surface area contributed by atoms with Gasteiger partial charge in [0.2, 0.25) is 0 Å². The van der Waals surface area contributed by atoms with Crippen molar-refractivity contribution < 1.29 is 14.2 Å². The summed E-state index contributed by atoms with van der Waals surface area (Å²) in [5.74, 6) is -0.292. The largest absolute Gasteiger partial charge is 0.390 e. The lowest BCUT2D eigenvalue weighted by Gasteiger charge is -2.21. The van der Waals surface area contributed by atoms with E-state index in [0.717, 1.165) is 18.4 Å². The molecule has 0 heterocycles. The van der Waals surface area contributed by atoms with Gasteiger partial charge in [-0.2, -0.15) is 0 Å². The van der Waals surface area contributed by atoms with Crippen LogP contribution in [-0.4, -0.2) is 24.4 Å². The molecule has 1 aromatic carbocycles. The summed E-state index contributed by atoms with van der Waals surface area (Å²) in [6.07, 6.45) is 1.53. The smallest absolute Gasteiger partial charge is 0.137 e. The Labute approximate surface area is 110 Å². The van der Waals surface area contributed by atoms with E-state index >= 15 is 0 Å². The summed E-state index contributed by atoms with van der Waals surface area (Å²) in [6.45, 7) is 2.05. The van der Waals surface area contributed by atoms with Gasteiger partial charge in [-0.1, -0.05) is 19.4 Å². The monoisotopic (exact) mass is 304 g/mol. The second-order valence-electron chi connectivity index (χ2n) is 4.08. The van der Waals surface area contributed by atoms with Crippen molar-refractivity contribution in [2.75, 3.05) is 7.11 Å². The molecule has 0 fully saturated rings. The first kappa shape index (κ1) is 14.6. The van der Waals surface area contributed by atoms with Gasteiger partial charge in [0.05, 0.1) is 16.7 Å². The number of hydrogen-bond acceptors (Lipinski definition) is 2. The number of halogens is 2. The second kappa shape index (κ2) is 7.09. The molecule has 4 heteroatoms. The molecule has 1 aromatic rings. The fourth-order valence-electron chi connectivity index (χ4n) is 1.79. The zero-order valence-electron chi connectivity index (χ0n) is 10.1. The fraction of sp³-hybridized carbons (Fsp3) is 0.538.